The summed E-state index contributed by atoms with van der Waals surface area (Å²) in [7, 11) is 0. The van der Waals surface area contributed by atoms with Gasteiger partial charge in [-0.1, -0.05) is 42.6 Å². The molecule has 184 valence electrons. The molecular weight excluding hydrogens is 485 g/mol. The summed E-state index contributed by atoms with van der Waals surface area (Å²) in [4.78, 5) is 24.8. The van der Waals surface area contributed by atoms with Gasteiger partial charge in [0, 0.05) is 16.8 Å². The summed E-state index contributed by atoms with van der Waals surface area (Å²) in [6.45, 7) is -0.166. The number of halogens is 4. The molecule has 2 N–H and O–H groups in total. The number of hydrogen-bond donors (Lipinski definition) is 2. The van der Waals surface area contributed by atoms with Gasteiger partial charge in [0.25, 0.3) is 5.91 Å². The van der Waals surface area contributed by atoms with Crippen molar-refractivity contribution in [2.24, 2.45) is 0 Å². The number of ether oxygens (including phenoxy) is 1. The van der Waals surface area contributed by atoms with Gasteiger partial charge in [0.1, 0.15) is 12.3 Å². The highest BCUT2D eigenvalue weighted by atomic mass is 35.5. The third-order valence-electron chi connectivity index (χ3n) is 5.57. The summed E-state index contributed by atoms with van der Waals surface area (Å²) in [5.74, 6) is -1.49. The summed E-state index contributed by atoms with van der Waals surface area (Å²) in [6, 6.07) is 10.6. The first-order valence-corrected chi connectivity index (χ1v) is 11.4. The zero-order valence-electron chi connectivity index (χ0n) is 18.4. The number of amides is 1. The fourth-order valence-electron chi connectivity index (χ4n) is 3.84. The molecule has 1 aromatic carbocycles. The lowest BCUT2D eigenvalue weighted by atomic mass is 9.92. The third kappa shape index (κ3) is 6.07. The van der Waals surface area contributed by atoms with Crippen LogP contribution in [-0.2, 0) is 12.8 Å². The number of nitrogens with zero attached hydrogens (tertiary/aromatic N) is 3. The summed E-state index contributed by atoms with van der Waals surface area (Å²) in [5.41, 5.74) is -1.68. The number of carbonyl (C=O) groups excluding carboxylic acids is 1. The number of aliphatic hydroxyl groups is 1. The molecule has 1 saturated carbocycles. The van der Waals surface area contributed by atoms with E-state index in [9.17, 15) is 23.1 Å². The van der Waals surface area contributed by atoms with E-state index in [1.807, 2.05) is 0 Å². The molecule has 0 unspecified atom stereocenters. The molecule has 1 fully saturated rings. The number of alkyl halides is 3. The Morgan fingerprint density at radius 1 is 1.14 bits per heavy atom. The Labute approximate surface area is 204 Å². The van der Waals surface area contributed by atoms with Crippen LogP contribution in [0.3, 0.4) is 0 Å². The first kappa shape index (κ1) is 24.9. The van der Waals surface area contributed by atoms with Crippen LogP contribution in [0.15, 0.2) is 48.7 Å². The molecule has 0 saturated heterocycles. The summed E-state index contributed by atoms with van der Waals surface area (Å²) in [6.07, 6.45) is -1.87. The third-order valence-corrected chi connectivity index (χ3v) is 5.81. The smallest absolute Gasteiger partial charge is 0.435 e. The van der Waals surface area contributed by atoms with Gasteiger partial charge in [0.15, 0.2) is 11.4 Å². The lowest BCUT2D eigenvalue weighted by Gasteiger charge is -2.28. The SMILES string of the molecule is O=C(N[C@@H]1CCCC[C@H]1O)c1nc(-c2cccc(Cl)c2)c(OCc2ccccn2)nc1C(F)(F)F. The number of pyridine rings is 1. The van der Waals surface area contributed by atoms with E-state index in [4.69, 9.17) is 16.3 Å². The lowest BCUT2D eigenvalue weighted by Crippen LogP contribution is -2.45. The molecule has 1 aliphatic rings. The molecule has 3 aromatic rings. The second-order valence-corrected chi connectivity index (χ2v) is 8.56. The largest absolute Gasteiger partial charge is 0.470 e. The molecule has 1 amide bonds. The highest BCUT2D eigenvalue weighted by Crippen LogP contribution is 2.36. The number of nitrogens with one attached hydrogen (secondary N) is 1. The van der Waals surface area contributed by atoms with Crippen molar-refractivity contribution in [2.75, 3.05) is 0 Å². The maximum Gasteiger partial charge on any atom is 0.435 e. The predicted molar refractivity (Wildman–Crippen MR) is 122 cm³/mol. The highest BCUT2D eigenvalue weighted by molar-refractivity contribution is 6.30. The Balaban J connectivity index is 1.77. The Morgan fingerprint density at radius 3 is 2.63 bits per heavy atom. The van der Waals surface area contributed by atoms with E-state index in [1.165, 1.54) is 12.3 Å². The van der Waals surface area contributed by atoms with E-state index in [-0.39, 0.29) is 12.3 Å². The van der Waals surface area contributed by atoms with Crippen molar-refractivity contribution in [2.45, 2.75) is 50.6 Å². The number of aliphatic hydroxyl groups excluding tert-OH is 1. The van der Waals surface area contributed by atoms with Crippen LogP contribution < -0.4 is 10.1 Å². The van der Waals surface area contributed by atoms with Gasteiger partial charge in [-0.3, -0.25) is 9.78 Å². The highest BCUT2D eigenvalue weighted by Gasteiger charge is 2.41. The van der Waals surface area contributed by atoms with Crippen molar-refractivity contribution < 1.29 is 27.8 Å². The molecule has 0 bridgehead atoms. The maximum absolute atomic E-state index is 14.0. The van der Waals surface area contributed by atoms with E-state index in [0.29, 0.717) is 29.1 Å². The molecule has 2 heterocycles. The minimum atomic E-state index is -4.99. The minimum Gasteiger partial charge on any atom is -0.470 e. The van der Waals surface area contributed by atoms with Crippen LogP contribution in [0.4, 0.5) is 13.2 Å². The molecule has 0 spiro atoms. The van der Waals surface area contributed by atoms with Crippen molar-refractivity contribution in [3.8, 4) is 17.1 Å². The number of carbonyl (C=O) groups is 1. The van der Waals surface area contributed by atoms with Gasteiger partial charge < -0.3 is 15.2 Å². The molecule has 35 heavy (non-hydrogen) atoms. The quantitative estimate of drug-likeness (QED) is 0.497. The normalized spacial score (nSPS) is 18.2. The number of rotatable bonds is 6. The van der Waals surface area contributed by atoms with Gasteiger partial charge >= 0.3 is 6.18 Å². The van der Waals surface area contributed by atoms with E-state index in [2.05, 4.69) is 20.3 Å². The monoisotopic (exact) mass is 506 g/mol. The van der Waals surface area contributed by atoms with Crippen LogP contribution >= 0.6 is 11.6 Å². The van der Waals surface area contributed by atoms with E-state index < -0.39 is 41.5 Å². The fourth-order valence-corrected chi connectivity index (χ4v) is 4.03. The Hall–Kier alpha value is -3.24. The van der Waals surface area contributed by atoms with E-state index in [1.54, 1.807) is 36.4 Å². The van der Waals surface area contributed by atoms with Crippen LogP contribution in [0, 0.1) is 0 Å². The molecule has 2 atom stereocenters. The molecule has 7 nitrogen and oxygen atoms in total. The van der Waals surface area contributed by atoms with Crippen LogP contribution in [0.2, 0.25) is 5.02 Å². The summed E-state index contributed by atoms with van der Waals surface area (Å²) < 4.78 is 47.6. The van der Waals surface area contributed by atoms with Gasteiger partial charge in [0.2, 0.25) is 5.88 Å². The van der Waals surface area contributed by atoms with Crippen molar-refractivity contribution in [1.29, 1.82) is 0 Å². The second-order valence-electron chi connectivity index (χ2n) is 8.12. The average molecular weight is 507 g/mol. The number of hydrogen-bond acceptors (Lipinski definition) is 6. The Morgan fingerprint density at radius 2 is 1.94 bits per heavy atom. The van der Waals surface area contributed by atoms with Crippen LogP contribution in [-0.4, -0.2) is 38.1 Å². The number of benzene rings is 1. The minimum absolute atomic E-state index is 0.0780. The standard InChI is InChI=1S/C24H22ClF3N4O3/c25-15-7-5-6-14(12-15)19-23(35-13-16-8-3-4-11-29-16)32-21(24(26,27)28)20(31-19)22(34)30-17-9-1-2-10-18(17)33/h3-8,11-12,17-18,33H,1-2,9-10,13H2,(H,30,34)/t17-,18-/m1/s1. The maximum atomic E-state index is 14.0. The predicted octanol–water partition coefficient (Wildman–Crippen LogP) is 4.82. The molecular formula is C24H22ClF3N4O3. The van der Waals surface area contributed by atoms with Crippen molar-refractivity contribution in [1.82, 2.24) is 20.3 Å². The lowest BCUT2D eigenvalue weighted by molar-refractivity contribution is -0.142. The topological polar surface area (TPSA) is 97.2 Å². The molecule has 0 aliphatic heterocycles. The van der Waals surface area contributed by atoms with Gasteiger partial charge in [-0.2, -0.15) is 13.2 Å². The zero-order valence-corrected chi connectivity index (χ0v) is 19.2. The summed E-state index contributed by atoms with van der Waals surface area (Å²) >= 11 is 6.09. The molecule has 11 heteroatoms. The Kier molecular flexibility index (Phi) is 7.51. The van der Waals surface area contributed by atoms with Gasteiger partial charge in [-0.25, -0.2) is 9.97 Å². The van der Waals surface area contributed by atoms with E-state index in [0.717, 1.165) is 12.8 Å². The molecule has 2 aromatic heterocycles. The number of aromatic nitrogens is 3. The van der Waals surface area contributed by atoms with Crippen molar-refractivity contribution in [3.05, 3.63) is 70.8 Å². The van der Waals surface area contributed by atoms with Gasteiger partial charge in [-0.15, -0.1) is 0 Å². The zero-order chi connectivity index (χ0) is 25.0. The van der Waals surface area contributed by atoms with Gasteiger partial charge in [0.05, 0.1) is 17.8 Å². The van der Waals surface area contributed by atoms with Crippen molar-refractivity contribution in [3.63, 3.8) is 0 Å². The van der Waals surface area contributed by atoms with Crippen LogP contribution in [0.1, 0.15) is 47.6 Å². The molecule has 0 radical (unpaired) electrons. The molecule has 4 rings (SSSR count). The second kappa shape index (κ2) is 10.6. The fraction of sp³-hybridized carbons (Fsp3) is 0.333. The molecule has 1 aliphatic carbocycles. The van der Waals surface area contributed by atoms with E-state index >= 15 is 0 Å². The first-order chi connectivity index (χ1) is 16.7. The first-order valence-electron chi connectivity index (χ1n) is 11.0. The van der Waals surface area contributed by atoms with Crippen LogP contribution in [0.25, 0.3) is 11.3 Å². The summed E-state index contributed by atoms with van der Waals surface area (Å²) in [5, 5.41) is 13.0. The van der Waals surface area contributed by atoms with Crippen LogP contribution in [0.5, 0.6) is 5.88 Å². The average Bonchev–Trinajstić information content (AvgIpc) is 2.83. The van der Waals surface area contributed by atoms with Gasteiger partial charge in [-0.05, 0) is 37.1 Å². The van der Waals surface area contributed by atoms with Crippen molar-refractivity contribution >= 4 is 17.5 Å². The Bertz CT molecular complexity index is 1190.